The largest absolute Gasteiger partial charge is 0.309 e. The Balaban J connectivity index is 1.22. The first-order valence-electron chi connectivity index (χ1n) is 17.5. The van der Waals surface area contributed by atoms with E-state index in [9.17, 15) is 0 Å². The Bertz CT molecular complexity index is 3080. The molecular formula is C48H31N3. The van der Waals surface area contributed by atoms with E-state index in [0.29, 0.717) is 0 Å². The smallest absolute Gasteiger partial charge is 0.0641 e. The molecule has 0 aliphatic carbocycles. The molecule has 11 rings (SSSR count). The van der Waals surface area contributed by atoms with Gasteiger partial charge in [-0.1, -0.05) is 127 Å². The Morgan fingerprint density at radius 1 is 0.294 bits per heavy atom. The van der Waals surface area contributed by atoms with Crippen LogP contribution in [0.5, 0.6) is 0 Å². The maximum atomic E-state index is 2.51. The molecule has 0 saturated carbocycles. The topological polar surface area (TPSA) is 14.8 Å². The number of para-hydroxylation sites is 6. The van der Waals surface area contributed by atoms with E-state index in [1.807, 2.05) is 0 Å². The molecule has 0 spiro atoms. The summed E-state index contributed by atoms with van der Waals surface area (Å²) in [5.41, 5.74) is 13.1. The highest BCUT2D eigenvalue weighted by molar-refractivity contribution is 6.26. The lowest BCUT2D eigenvalue weighted by molar-refractivity contribution is 1.17. The summed E-state index contributed by atoms with van der Waals surface area (Å²) in [5.74, 6) is 0. The molecular weight excluding hydrogens is 619 g/mol. The average Bonchev–Trinajstić information content (AvgIpc) is 3.84. The molecule has 0 aliphatic rings. The van der Waals surface area contributed by atoms with Gasteiger partial charge in [0.2, 0.25) is 0 Å². The number of benzene rings is 8. The van der Waals surface area contributed by atoms with Crippen LogP contribution in [-0.2, 0) is 0 Å². The minimum absolute atomic E-state index is 1.15. The predicted octanol–water partition coefficient (Wildman–Crippen LogP) is 12.6. The maximum absolute atomic E-state index is 2.51. The van der Waals surface area contributed by atoms with Crippen LogP contribution in [0.1, 0.15) is 0 Å². The van der Waals surface area contributed by atoms with Crippen LogP contribution in [0.15, 0.2) is 188 Å². The number of rotatable bonds is 4. The lowest BCUT2D eigenvalue weighted by atomic mass is 10.0. The zero-order chi connectivity index (χ0) is 33.5. The quantitative estimate of drug-likeness (QED) is 0.180. The molecule has 0 saturated heterocycles. The van der Waals surface area contributed by atoms with Crippen molar-refractivity contribution in [3.8, 4) is 28.2 Å². The number of aromatic nitrogens is 3. The van der Waals surface area contributed by atoms with E-state index in [4.69, 9.17) is 0 Å². The van der Waals surface area contributed by atoms with E-state index in [0.717, 1.165) is 17.1 Å². The van der Waals surface area contributed by atoms with Crippen LogP contribution in [0.25, 0.3) is 93.6 Å². The Labute approximate surface area is 294 Å². The lowest BCUT2D eigenvalue weighted by Crippen LogP contribution is -1.99. The number of fused-ring (bicyclic) bond motifs is 10. The Morgan fingerprint density at radius 3 is 1.51 bits per heavy atom. The summed E-state index contributed by atoms with van der Waals surface area (Å²) in [6.07, 6.45) is 0. The minimum atomic E-state index is 1.15. The Kier molecular flexibility index (Phi) is 5.96. The van der Waals surface area contributed by atoms with Gasteiger partial charge >= 0.3 is 0 Å². The molecule has 0 atom stereocenters. The molecule has 51 heavy (non-hydrogen) atoms. The average molecular weight is 650 g/mol. The molecule has 0 unspecified atom stereocenters. The van der Waals surface area contributed by atoms with Crippen molar-refractivity contribution >= 4 is 65.4 Å². The van der Waals surface area contributed by atoms with Crippen LogP contribution in [0.2, 0.25) is 0 Å². The zero-order valence-electron chi connectivity index (χ0n) is 27.7. The second-order valence-corrected chi connectivity index (χ2v) is 13.3. The summed E-state index contributed by atoms with van der Waals surface area (Å²) in [5, 5.41) is 7.54. The third kappa shape index (κ3) is 4.00. The monoisotopic (exact) mass is 649 g/mol. The molecule has 238 valence electrons. The Morgan fingerprint density at radius 2 is 0.804 bits per heavy atom. The molecule has 0 N–H and O–H groups in total. The van der Waals surface area contributed by atoms with Gasteiger partial charge in [0, 0.05) is 49.3 Å². The van der Waals surface area contributed by atoms with Gasteiger partial charge in [-0.15, -0.1) is 0 Å². The van der Waals surface area contributed by atoms with Gasteiger partial charge in [-0.25, -0.2) is 0 Å². The molecule has 0 aliphatic heterocycles. The standard InChI is InChI=1S/C48H31N3/c1-2-16-33(17-3-1)49-45-28-13-8-23-40(45)47-46(49)30-29-39-38-22-7-12-27-44(38)51(48(39)47)41-24-9-4-19-35(41)32-15-14-18-34(31-32)50-42-25-10-5-20-36(42)37-21-6-11-26-43(37)50/h1-31H. The first-order chi connectivity index (χ1) is 25.3. The fourth-order valence-corrected chi connectivity index (χ4v) is 8.54. The van der Waals surface area contributed by atoms with Crippen LogP contribution < -0.4 is 0 Å². The van der Waals surface area contributed by atoms with E-state index in [2.05, 4.69) is 202 Å². The summed E-state index contributed by atoms with van der Waals surface area (Å²) >= 11 is 0. The normalized spacial score (nSPS) is 11.9. The van der Waals surface area contributed by atoms with Crippen LogP contribution in [0.4, 0.5) is 0 Å². The highest BCUT2D eigenvalue weighted by Crippen LogP contribution is 2.43. The molecule has 3 nitrogen and oxygen atoms in total. The van der Waals surface area contributed by atoms with Crippen molar-refractivity contribution in [1.82, 2.24) is 13.7 Å². The van der Waals surface area contributed by atoms with Crippen LogP contribution in [0, 0.1) is 0 Å². The van der Waals surface area contributed by atoms with Gasteiger partial charge in [0.05, 0.1) is 38.8 Å². The van der Waals surface area contributed by atoms with Crippen molar-refractivity contribution in [3.05, 3.63) is 188 Å². The molecule has 3 aromatic heterocycles. The van der Waals surface area contributed by atoms with Gasteiger partial charge < -0.3 is 13.7 Å². The second kappa shape index (κ2) is 10.8. The molecule has 11 aromatic rings. The predicted molar refractivity (Wildman–Crippen MR) is 215 cm³/mol. The van der Waals surface area contributed by atoms with Gasteiger partial charge in [0.15, 0.2) is 0 Å². The van der Waals surface area contributed by atoms with Gasteiger partial charge in [-0.3, -0.25) is 0 Å². The first kappa shape index (κ1) is 28.0. The van der Waals surface area contributed by atoms with E-state index in [-0.39, 0.29) is 0 Å². The van der Waals surface area contributed by atoms with Crippen molar-refractivity contribution in [2.45, 2.75) is 0 Å². The third-order valence-corrected chi connectivity index (χ3v) is 10.6. The SMILES string of the molecule is c1ccc(-n2c3ccccc3c3c2ccc2c4ccccc4n(-c4ccccc4-c4cccc(-n5c6ccccc6c6ccccc65)c4)c23)cc1. The number of nitrogens with zero attached hydrogens (tertiary/aromatic N) is 3. The van der Waals surface area contributed by atoms with E-state index >= 15 is 0 Å². The summed E-state index contributed by atoms with van der Waals surface area (Å²) in [6.45, 7) is 0. The van der Waals surface area contributed by atoms with E-state index in [1.54, 1.807) is 0 Å². The van der Waals surface area contributed by atoms with Crippen LogP contribution in [0.3, 0.4) is 0 Å². The van der Waals surface area contributed by atoms with Gasteiger partial charge in [0.25, 0.3) is 0 Å². The van der Waals surface area contributed by atoms with Crippen LogP contribution in [-0.4, -0.2) is 13.7 Å². The first-order valence-corrected chi connectivity index (χ1v) is 17.5. The fraction of sp³-hybridized carbons (Fsp3) is 0. The molecule has 3 heterocycles. The van der Waals surface area contributed by atoms with Crippen molar-refractivity contribution in [2.75, 3.05) is 0 Å². The third-order valence-electron chi connectivity index (χ3n) is 10.6. The maximum Gasteiger partial charge on any atom is 0.0641 e. The minimum Gasteiger partial charge on any atom is -0.309 e. The molecule has 8 aromatic carbocycles. The summed E-state index contributed by atoms with van der Waals surface area (Å²) in [7, 11) is 0. The van der Waals surface area contributed by atoms with Gasteiger partial charge in [-0.2, -0.15) is 0 Å². The molecule has 0 fully saturated rings. The zero-order valence-corrected chi connectivity index (χ0v) is 27.7. The molecule has 0 radical (unpaired) electrons. The fourth-order valence-electron chi connectivity index (χ4n) is 8.54. The van der Waals surface area contributed by atoms with Crippen molar-refractivity contribution in [3.63, 3.8) is 0 Å². The summed E-state index contributed by atoms with van der Waals surface area (Å²) in [4.78, 5) is 0. The number of hydrogen-bond acceptors (Lipinski definition) is 0. The Hall–Kier alpha value is -6.84. The second-order valence-electron chi connectivity index (χ2n) is 13.3. The van der Waals surface area contributed by atoms with Gasteiger partial charge in [-0.05, 0) is 66.2 Å². The van der Waals surface area contributed by atoms with Gasteiger partial charge in [0.1, 0.15) is 0 Å². The van der Waals surface area contributed by atoms with E-state index in [1.165, 1.54) is 76.5 Å². The van der Waals surface area contributed by atoms with Crippen molar-refractivity contribution in [1.29, 1.82) is 0 Å². The molecule has 0 bridgehead atoms. The summed E-state index contributed by atoms with van der Waals surface area (Å²) < 4.78 is 7.32. The highest BCUT2D eigenvalue weighted by atomic mass is 15.0. The molecule has 0 amide bonds. The lowest BCUT2D eigenvalue weighted by Gasteiger charge is -2.16. The van der Waals surface area contributed by atoms with Crippen molar-refractivity contribution < 1.29 is 0 Å². The van der Waals surface area contributed by atoms with E-state index < -0.39 is 0 Å². The van der Waals surface area contributed by atoms with Crippen molar-refractivity contribution in [2.24, 2.45) is 0 Å². The van der Waals surface area contributed by atoms with Crippen LogP contribution >= 0.6 is 0 Å². The highest BCUT2D eigenvalue weighted by Gasteiger charge is 2.22. The summed E-state index contributed by atoms with van der Waals surface area (Å²) in [6, 6.07) is 68.4. The molecule has 3 heteroatoms. The number of hydrogen-bond donors (Lipinski definition) is 0.